The van der Waals surface area contributed by atoms with Crippen LogP contribution in [0.5, 0.6) is 0 Å². The molecule has 1 amide bonds. The zero-order valence-corrected chi connectivity index (χ0v) is 18.2. The second-order valence-electron chi connectivity index (χ2n) is 7.86. The van der Waals surface area contributed by atoms with E-state index >= 15 is 0 Å². The number of nitro groups is 1. The monoisotopic (exact) mass is 455 g/mol. The highest BCUT2D eigenvalue weighted by Crippen LogP contribution is 2.28. The minimum Gasteiger partial charge on any atom is -0.338 e. The molecule has 1 fully saturated rings. The molecular weight excluding hydrogens is 434 g/mol. The molecule has 9 nitrogen and oxygen atoms in total. The smallest absolute Gasteiger partial charge is 0.271 e. The van der Waals surface area contributed by atoms with E-state index in [0.29, 0.717) is 31.2 Å². The number of non-ortho nitro benzene ring substituents is 1. The number of hydrogen-bond acceptors (Lipinski definition) is 7. The summed E-state index contributed by atoms with van der Waals surface area (Å²) in [5, 5.41) is 18.1. The molecule has 1 aliphatic rings. The third-order valence-electron chi connectivity index (χ3n) is 5.43. The van der Waals surface area contributed by atoms with Crippen molar-refractivity contribution < 1.29 is 14.2 Å². The molecule has 3 aromatic rings. The van der Waals surface area contributed by atoms with E-state index in [0.717, 1.165) is 24.1 Å². The van der Waals surface area contributed by atoms with Crippen molar-refractivity contribution in [3.05, 3.63) is 69.1 Å². The van der Waals surface area contributed by atoms with E-state index < -0.39 is 4.92 Å². The lowest BCUT2D eigenvalue weighted by atomic mass is 9.97. The molecule has 0 radical (unpaired) electrons. The lowest BCUT2D eigenvalue weighted by molar-refractivity contribution is -0.384. The number of carbonyl (C=O) groups excluding carboxylic acids is 1. The first kappa shape index (κ1) is 21.9. The van der Waals surface area contributed by atoms with Gasteiger partial charge in [0.15, 0.2) is 0 Å². The van der Waals surface area contributed by atoms with Crippen LogP contribution < -0.4 is 5.32 Å². The highest BCUT2D eigenvalue weighted by Gasteiger charge is 2.27. The summed E-state index contributed by atoms with van der Waals surface area (Å²) in [6, 6.07) is 11.9. The maximum absolute atomic E-state index is 12.8. The van der Waals surface area contributed by atoms with Gasteiger partial charge in [0.2, 0.25) is 17.6 Å². The van der Waals surface area contributed by atoms with E-state index in [2.05, 4.69) is 20.4 Å². The fourth-order valence-electron chi connectivity index (χ4n) is 3.70. The van der Waals surface area contributed by atoms with Gasteiger partial charge in [0, 0.05) is 24.2 Å². The lowest BCUT2D eigenvalue weighted by Crippen LogP contribution is -2.40. The Morgan fingerprint density at radius 3 is 2.84 bits per heavy atom. The molecule has 0 aliphatic carbocycles. The minimum atomic E-state index is -0.524. The molecule has 1 saturated heterocycles. The number of aryl methyl sites for hydroxylation is 1. The number of amides is 1. The molecule has 1 atom stereocenters. The Hall–Kier alpha value is -3.30. The standard InChI is InChI=1S/C22H22ClN5O4/c1-14-4-6-15(7-5-14)21-25-20(32-26-21)13-27-10-2-3-16(12-27)22(29)24-19-11-17(28(30)31)8-9-18(19)23/h4-9,11,16H,2-3,10,12-13H2,1H3,(H,24,29). The molecule has 4 rings (SSSR count). The predicted molar refractivity (Wildman–Crippen MR) is 119 cm³/mol. The fourth-order valence-corrected chi connectivity index (χ4v) is 3.87. The first-order valence-corrected chi connectivity index (χ1v) is 10.6. The molecule has 32 heavy (non-hydrogen) atoms. The van der Waals surface area contributed by atoms with Crippen molar-refractivity contribution >= 4 is 28.9 Å². The molecule has 2 heterocycles. The molecule has 1 N–H and O–H groups in total. The van der Waals surface area contributed by atoms with Crippen LogP contribution in [0.4, 0.5) is 11.4 Å². The molecule has 166 valence electrons. The second kappa shape index (κ2) is 9.46. The summed E-state index contributed by atoms with van der Waals surface area (Å²) in [5.74, 6) is 0.525. The predicted octanol–water partition coefficient (Wildman–Crippen LogP) is 4.46. The number of benzene rings is 2. The Bertz CT molecular complexity index is 1130. The Labute approximate surface area is 189 Å². The van der Waals surface area contributed by atoms with E-state index in [1.807, 2.05) is 31.2 Å². The summed E-state index contributed by atoms with van der Waals surface area (Å²) in [7, 11) is 0. The van der Waals surface area contributed by atoms with Crippen molar-refractivity contribution in [1.29, 1.82) is 0 Å². The minimum absolute atomic E-state index is 0.129. The second-order valence-corrected chi connectivity index (χ2v) is 8.27. The number of anilines is 1. The van der Waals surface area contributed by atoms with Crippen LogP contribution in [-0.4, -0.2) is 39.0 Å². The molecule has 1 unspecified atom stereocenters. The Morgan fingerprint density at radius 1 is 1.31 bits per heavy atom. The molecule has 2 aromatic carbocycles. The van der Waals surface area contributed by atoms with E-state index in [1.165, 1.54) is 18.2 Å². The summed E-state index contributed by atoms with van der Waals surface area (Å²) >= 11 is 6.11. The van der Waals surface area contributed by atoms with E-state index in [-0.39, 0.29) is 28.2 Å². The van der Waals surface area contributed by atoms with Crippen LogP contribution in [0.2, 0.25) is 5.02 Å². The highest BCUT2D eigenvalue weighted by atomic mass is 35.5. The van der Waals surface area contributed by atoms with Crippen LogP contribution in [0, 0.1) is 23.0 Å². The molecular formula is C22H22ClN5O4. The molecule has 10 heteroatoms. The summed E-state index contributed by atoms with van der Waals surface area (Å²) in [5.41, 5.74) is 2.15. The van der Waals surface area contributed by atoms with Crippen LogP contribution >= 0.6 is 11.6 Å². The highest BCUT2D eigenvalue weighted by molar-refractivity contribution is 6.33. The van der Waals surface area contributed by atoms with Crippen molar-refractivity contribution in [3.8, 4) is 11.4 Å². The maximum Gasteiger partial charge on any atom is 0.271 e. The number of aromatic nitrogens is 2. The van der Waals surface area contributed by atoms with Gasteiger partial charge in [0.05, 0.1) is 28.1 Å². The molecule has 0 bridgehead atoms. The largest absolute Gasteiger partial charge is 0.338 e. The van der Waals surface area contributed by atoms with Crippen LogP contribution in [0.25, 0.3) is 11.4 Å². The van der Waals surface area contributed by atoms with E-state index in [1.54, 1.807) is 0 Å². The number of nitro benzene ring substituents is 1. The van der Waals surface area contributed by atoms with Crippen molar-refractivity contribution in [3.63, 3.8) is 0 Å². The average molecular weight is 456 g/mol. The van der Waals surface area contributed by atoms with Gasteiger partial charge in [0.1, 0.15) is 0 Å². The first-order valence-electron chi connectivity index (χ1n) is 10.3. The summed E-state index contributed by atoms with van der Waals surface area (Å²) in [4.78, 5) is 29.8. The van der Waals surface area contributed by atoms with E-state index in [9.17, 15) is 14.9 Å². The van der Waals surface area contributed by atoms with Crippen LogP contribution in [0.1, 0.15) is 24.3 Å². The third kappa shape index (κ3) is 5.12. The average Bonchev–Trinajstić information content (AvgIpc) is 3.24. The van der Waals surface area contributed by atoms with Gasteiger partial charge < -0.3 is 9.84 Å². The van der Waals surface area contributed by atoms with Gasteiger partial charge in [-0.3, -0.25) is 19.8 Å². The number of likely N-dealkylation sites (tertiary alicyclic amines) is 1. The molecule has 0 saturated carbocycles. The number of hydrogen-bond donors (Lipinski definition) is 1. The van der Waals surface area contributed by atoms with Gasteiger partial charge in [-0.05, 0) is 32.4 Å². The van der Waals surface area contributed by atoms with Gasteiger partial charge in [-0.25, -0.2) is 0 Å². The number of halogens is 1. The topological polar surface area (TPSA) is 114 Å². The van der Waals surface area contributed by atoms with Gasteiger partial charge in [-0.2, -0.15) is 4.98 Å². The normalized spacial score (nSPS) is 16.6. The van der Waals surface area contributed by atoms with Crippen molar-refractivity contribution in [2.75, 3.05) is 18.4 Å². The van der Waals surface area contributed by atoms with Gasteiger partial charge in [0.25, 0.3) is 5.69 Å². The van der Waals surface area contributed by atoms with Gasteiger partial charge >= 0.3 is 0 Å². The lowest BCUT2D eigenvalue weighted by Gasteiger charge is -2.30. The van der Waals surface area contributed by atoms with Crippen LogP contribution in [0.3, 0.4) is 0 Å². The zero-order chi connectivity index (χ0) is 22.7. The van der Waals surface area contributed by atoms with Crippen molar-refractivity contribution in [2.45, 2.75) is 26.3 Å². The van der Waals surface area contributed by atoms with Gasteiger partial charge in [-0.1, -0.05) is 46.6 Å². The molecule has 0 spiro atoms. The molecule has 1 aromatic heterocycles. The quantitative estimate of drug-likeness (QED) is 0.431. The summed E-state index contributed by atoms with van der Waals surface area (Å²) in [6.07, 6.45) is 1.55. The number of nitrogens with zero attached hydrogens (tertiary/aromatic N) is 4. The number of piperidine rings is 1. The van der Waals surface area contributed by atoms with Crippen LogP contribution in [-0.2, 0) is 11.3 Å². The summed E-state index contributed by atoms with van der Waals surface area (Å²) < 4.78 is 5.41. The number of carbonyl (C=O) groups is 1. The van der Waals surface area contributed by atoms with E-state index in [4.69, 9.17) is 16.1 Å². The number of rotatable bonds is 6. The Morgan fingerprint density at radius 2 is 2.09 bits per heavy atom. The zero-order valence-electron chi connectivity index (χ0n) is 17.5. The SMILES string of the molecule is Cc1ccc(-c2noc(CN3CCCC(C(=O)Nc4cc([N+](=O)[O-])ccc4Cl)C3)n2)cc1. The molecule has 1 aliphatic heterocycles. The Kier molecular flexibility index (Phi) is 6.48. The Balaban J connectivity index is 1.38. The fraction of sp³-hybridized carbons (Fsp3) is 0.318. The van der Waals surface area contributed by atoms with Crippen molar-refractivity contribution in [1.82, 2.24) is 15.0 Å². The van der Waals surface area contributed by atoms with Gasteiger partial charge in [-0.15, -0.1) is 0 Å². The number of nitrogens with one attached hydrogen (secondary N) is 1. The third-order valence-corrected chi connectivity index (χ3v) is 5.76. The van der Waals surface area contributed by atoms with Crippen molar-refractivity contribution in [2.24, 2.45) is 5.92 Å². The summed E-state index contributed by atoms with van der Waals surface area (Å²) in [6.45, 7) is 3.78. The maximum atomic E-state index is 12.8. The first-order chi connectivity index (χ1) is 15.4. The van der Waals surface area contributed by atoms with Crippen LogP contribution in [0.15, 0.2) is 47.0 Å².